The molecular formula is C14H14BrClN2O. The number of benzene rings is 2. The van der Waals surface area contributed by atoms with Crippen molar-refractivity contribution in [3.05, 3.63) is 45.9 Å². The lowest BCUT2D eigenvalue weighted by Gasteiger charge is -2.14. The second kappa shape index (κ2) is 6.17. The largest absolute Gasteiger partial charge is 0.492 e. The van der Waals surface area contributed by atoms with Crippen molar-refractivity contribution in [1.82, 2.24) is 0 Å². The molecule has 0 fully saturated rings. The Kier molecular flexibility index (Phi) is 4.56. The summed E-state index contributed by atoms with van der Waals surface area (Å²) in [5.41, 5.74) is 8.29. The van der Waals surface area contributed by atoms with Crippen molar-refractivity contribution in [1.29, 1.82) is 0 Å². The number of hydrogen-bond donors (Lipinski definition) is 2. The lowest BCUT2D eigenvalue weighted by atomic mass is 10.2. The summed E-state index contributed by atoms with van der Waals surface area (Å²) < 4.78 is 6.38. The van der Waals surface area contributed by atoms with Gasteiger partial charge in [0, 0.05) is 9.50 Å². The zero-order chi connectivity index (χ0) is 13.8. The van der Waals surface area contributed by atoms with Gasteiger partial charge in [-0.05, 0) is 53.2 Å². The van der Waals surface area contributed by atoms with E-state index in [1.54, 1.807) is 0 Å². The Labute approximate surface area is 125 Å². The molecule has 100 valence electrons. The van der Waals surface area contributed by atoms with Gasteiger partial charge < -0.3 is 15.8 Å². The molecule has 2 aromatic carbocycles. The summed E-state index contributed by atoms with van der Waals surface area (Å²) in [6, 6.07) is 11.2. The van der Waals surface area contributed by atoms with E-state index in [-0.39, 0.29) is 0 Å². The van der Waals surface area contributed by atoms with Crippen LogP contribution >= 0.6 is 27.5 Å². The molecule has 0 heterocycles. The van der Waals surface area contributed by atoms with Gasteiger partial charge >= 0.3 is 0 Å². The van der Waals surface area contributed by atoms with Gasteiger partial charge in [-0.25, -0.2) is 0 Å². The number of halogens is 2. The lowest BCUT2D eigenvalue weighted by molar-refractivity contribution is 0.342. The summed E-state index contributed by atoms with van der Waals surface area (Å²) in [7, 11) is 0. The molecule has 0 bridgehead atoms. The van der Waals surface area contributed by atoms with Crippen LogP contribution in [-0.4, -0.2) is 6.61 Å². The van der Waals surface area contributed by atoms with Gasteiger partial charge in [0.2, 0.25) is 0 Å². The van der Waals surface area contributed by atoms with Gasteiger partial charge in [-0.2, -0.15) is 0 Å². The normalized spacial score (nSPS) is 10.3. The van der Waals surface area contributed by atoms with Crippen LogP contribution < -0.4 is 15.8 Å². The van der Waals surface area contributed by atoms with E-state index in [9.17, 15) is 0 Å². The Morgan fingerprint density at radius 2 is 2.05 bits per heavy atom. The van der Waals surface area contributed by atoms with Crippen LogP contribution in [-0.2, 0) is 0 Å². The molecule has 0 saturated heterocycles. The van der Waals surface area contributed by atoms with E-state index in [0.29, 0.717) is 23.1 Å². The molecule has 0 unspecified atom stereocenters. The molecule has 2 rings (SSSR count). The van der Waals surface area contributed by atoms with Crippen LogP contribution in [0.5, 0.6) is 5.75 Å². The quantitative estimate of drug-likeness (QED) is 0.783. The van der Waals surface area contributed by atoms with Crippen LogP contribution in [0, 0.1) is 0 Å². The highest BCUT2D eigenvalue weighted by Gasteiger charge is 2.08. The van der Waals surface area contributed by atoms with E-state index in [1.807, 2.05) is 43.3 Å². The second-order valence-corrected chi connectivity index (χ2v) is 5.19. The number of nitrogens with one attached hydrogen (secondary N) is 1. The number of nitrogen functional groups attached to an aromatic ring is 1. The molecule has 3 N–H and O–H groups in total. The van der Waals surface area contributed by atoms with Crippen LogP contribution in [0.1, 0.15) is 6.92 Å². The van der Waals surface area contributed by atoms with Crippen molar-refractivity contribution >= 4 is 44.6 Å². The van der Waals surface area contributed by atoms with Gasteiger partial charge in [0.1, 0.15) is 5.75 Å². The topological polar surface area (TPSA) is 47.3 Å². The second-order valence-electron chi connectivity index (χ2n) is 3.90. The van der Waals surface area contributed by atoms with E-state index in [4.69, 9.17) is 22.1 Å². The van der Waals surface area contributed by atoms with E-state index in [2.05, 4.69) is 21.2 Å². The summed E-state index contributed by atoms with van der Waals surface area (Å²) in [5.74, 6) is 0.672. The third-order valence-electron chi connectivity index (χ3n) is 2.56. The Balaban J connectivity index is 2.33. The average Bonchev–Trinajstić information content (AvgIpc) is 2.39. The number of hydrogen-bond acceptors (Lipinski definition) is 3. The van der Waals surface area contributed by atoms with Gasteiger partial charge in [0.05, 0.1) is 23.7 Å². The maximum absolute atomic E-state index is 6.07. The molecule has 5 heteroatoms. The molecule has 0 aliphatic rings. The monoisotopic (exact) mass is 340 g/mol. The number of anilines is 3. The molecule has 0 aliphatic carbocycles. The zero-order valence-corrected chi connectivity index (χ0v) is 12.8. The van der Waals surface area contributed by atoms with Gasteiger partial charge in [0.15, 0.2) is 0 Å². The molecule has 0 spiro atoms. The average molecular weight is 342 g/mol. The molecule has 0 atom stereocenters. The Morgan fingerprint density at radius 1 is 1.26 bits per heavy atom. The van der Waals surface area contributed by atoms with E-state index < -0.39 is 0 Å². The van der Waals surface area contributed by atoms with Crippen LogP contribution in [0.4, 0.5) is 17.1 Å². The molecule has 0 saturated carbocycles. The van der Waals surface area contributed by atoms with E-state index in [0.717, 1.165) is 15.8 Å². The Bertz CT molecular complexity index is 590. The van der Waals surface area contributed by atoms with Crippen LogP contribution in [0.15, 0.2) is 40.9 Å². The molecule has 0 aromatic heterocycles. The van der Waals surface area contributed by atoms with Gasteiger partial charge in [-0.1, -0.05) is 17.7 Å². The lowest BCUT2D eigenvalue weighted by Crippen LogP contribution is -2.01. The maximum Gasteiger partial charge on any atom is 0.144 e. The smallest absolute Gasteiger partial charge is 0.144 e. The molecular weight excluding hydrogens is 328 g/mol. The molecule has 0 amide bonds. The SMILES string of the molecule is CCOc1cccc(Nc2cc(Cl)ccc2Br)c1N. The Hall–Kier alpha value is -1.39. The summed E-state index contributed by atoms with van der Waals surface area (Å²) in [6.07, 6.45) is 0. The predicted octanol–water partition coefficient (Wildman–Crippen LogP) is 4.83. The third kappa shape index (κ3) is 3.33. The predicted molar refractivity (Wildman–Crippen MR) is 84.5 cm³/mol. The summed E-state index contributed by atoms with van der Waals surface area (Å²) in [5, 5.41) is 3.90. The molecule has 0 radical (unpaired) electrons. The van der Waals surface area contributed by atoms with Gasteiger partial charge in [-0.15, -0.1) is 0 Å². The number of rotatable bonds is 4. The standard InChI is InChI=1S/C14H14BrClN2O/c1-2-19-13-5-3-4-11(14(13)17)18-12-8-9(16)6-7-10(12)15/h3-8,18H,2,17H2,1H3. The first-order valence-corrected chi connectivity index (χ1v) is 7.02. The van der Waals surface area contributed by atoms with Crippen molar-refractivity contribution in [2.45, 2.75) is 6.92 Å². The molecule has 2 aromatic rings. The maximum atomic E-state index is 6.07. The minimum absolute atomic E-state index is 0.578. The minimum Gasteiger partial charge on any atom is -0.492 e. The van der Waals surface area contributed by atoms with Crippen molar-refractivity contribution < 1.29 is 4.74 Å². The summed E-state index contributed by atoms with van der Waals surface area (Å²) in [6.45, 7) is 2.50. The van der Waals surface area contributed by atoms with Crippen LogP contribution in [0.3, 0.4) is 0 Å². The van der Waals surface area contributed by atoms with Crippen molar-refractivity contribution in [2.75, 3.05) is 17.7 Å². The van der Waals surface area contributed by atoms with Crippen molar-refractivity contribution in [3.63, 3.8) is 0 Å². The fraction of sp³-hybridized carbons (Fsp3) is 0.143. The van der Waals surface area contributed by atoms with Crippen molar-refractivity contribution in [3.8, 4) is 5.75 Å². The highest BCUT2D eigenvalue weighted by molar-refractivity contribution is 9.10. The molecule has 0 aliphatic heterocycles. The first kappa shape index (κ1) is 14.0. The number of para-hydroxylation sites is 1. The highest BCUT2D eigenvalue weighted by Crippen LogP contribution is 2.34. The summed E-state index contributed by atoms with van der Waals surface area (Å²) >= 11 is 9.46. The first-order chi connectivity index (χ1) is 9.11. The van der Waals surface area contributed by atoms with E-state index in [1.165, 1.54) is 0 Å². The summed E-state index contributed by atoms with van der Waals surface area (Å²) in [4.78, 5) is 0. The minimum atomic E-state index is 0.578. The zero-order valence-electron chi connectivity index (χ0n) is 10.4. The third-order valence-corrected chi connectivity index (χ3v) is 3.49. The Morgan fingerprint density at radius 3 is 2.79 bits per heavy atom. The number of nitrogens with two attached hydrogens (primary N) is 1. The van der Waals surface area contributed by atoms with Gasteiger partial charge in [-0.3, -0.25) is 0 Å². The highest BCUT2D eigenvalue weighted by atomic mass is 79.9. The first-order valence-electron chi connectivity index (χ1n) is 5.85. The van der Waals surface area contributed by atoms with Crippen LogP contribution in [0.2, 0.25) is 5.02 Å². The van der Waals surface area contributed by atoms with Crippen molar-refractivity contribution in [2.24, 2.45) is 0 Å². The molecule has 19 heavy (non-hydrogen) atoms. The van der Waals surface area contributed by atoms with E-state index >= 15 is 0 Å². The molecule has 3 nitrogen and oxygen atoms in total. The fourth-order valence-electron chi connectivity index (χ4n) is 1.67. The number of ether oxygens (including phenoxy) is 1. The van der Waals surface area contributed by atoms with Crippen LogP contribution in [0.25, 0.3) is 0 Å². The fourth-order valence-corrected chi connectivity index (χ4v) is 2.19. The van der Waals surface area contributed by atoms with Gasteiger partial charge in [0.25, 0.3) is 0 Å².